The number of fused-ring (bicyclic) bond motifs is 21. The minimum Gasteiger partial charge on any atom is -0.508 e. The molecule has 14 nitrogen and oxygen atoms in total. The quantitative estimate of drug-likeness (QED) is 0.0347. The summed E-state index contributed by atoms with van der Waals surface area (Å²) < 4.78 is 38.2. The molecule has 0 radical (unpaired) electrons. The molecule has 7 heterocycles. The number of nitrogens with zero attached hydrogens (tertiary/aromatic N) is 2. The highest BCUT2D eigenvalue weighted by Gasteiger charge is 2.17. The first-order chi connectivity index (χ1) is 64.3. The molecule has 0 bridgehead atoms. The minimum absolute atomic E-state index is 0.264. The van der Waals surface area contributed by atoms with Crippen LogP contribution in [0.3, 0.4) is 0 Å². The van der Waals surface area contributed by atoms with Crippen LogP contribution in [-0.4, -0.2) is 72.2 Å². The summed E-state index contributed by atoms with van der Waals surface area (Å²) in [6, 6.07) is 98.0. The number of aromatic hydroxyl groups is 1. The van der Waals surface area contributed by atoms with E-state index in [-0.39, 0.29) is 6.61 Å². The largest absolute Gasteiger partial charge is 0.508 e. The van der Waals surface area contributed by atoms with Gasteiger partial charge < -0.3 is 67.6 Å². The molecule has 0 aliphatic heterocycles. The lowest BCUT2D eigenvalue weighted by atomic mass is 10.1. The van der Waals surface area contributed by atoms with Crippen LogP contribution in [0.1, 0.15) is 64.8 Å². The Morgan fingerprint density at radius 2 is 0.606 bits per heavy atom. The molecule has 14 heteroatoms. The predicted octanol–water partition coefficient (Wildman–Crippen LogP) is 29.8. The van der Waals surface area contributed by atoms with Gasteiger partial charge in [0.15, 0.2) is 0 Å². The summed E-state index contributed by atoms with van der Waals surface area (Å²) in [5.41, 5.74) is 25.9. The highest BCUT2D eigenvalue weighted by atomic mass is 16.5. The number of allylic oxidation sites excluding steroid dienone is 1. The number of aryl methyl sites for hydroxylation is 7. The number of rotatable bonds is 19. The van der Waals surface area contributed by atoms with Crippen molar-refractivity contribution in [3.63, 3.8) is 0 Å². The average molecular weight is 1740 g/mol. The third kappa shape index (κ3) is 20.2. The van der Waals surface area contributed by atoms with Gasteiger partial charge in [0.1, 0.15) is 66.7 Å². The topological polar surface area (TPSA) is 164 Å². The second kappa shape index (κ2) is 40.9. The van der Waals surface area contributed by atoms with Crippen LogP contribution in [0, 0.1) is 73.2 Å². The highest BCUT2D eigenvalue weighted by molar-refractivity contribution is 6.13. The standard InChI is InChI=1S/C20H17NO.C19H19NO.C19H15NO.C16H17NO.C16H15NO.C15H15NO.C13H11NO/c1-14-7-9-17-18-10-8-16(12-20(18)21-19(17)11-14)22-13-15-5-3-2-4-6-15;2*1-4-10-20-18-12-14(3)6-8-16(18)17-9-7-15(13-19(17)20)21-11-5-2;2*1-3-8-18-12-5-7-14-13-6-4-11(2)9-15(13)17-16(14)10-12;1-3-17-11-5-7-13-12-6-4-10(2)8-14(12)16-15(13)9-11;1-8-2-4-10-11-5-3-9(15)7-13(11)14-12(10)6-8/h2-12,21H,13H2,1H3;4-9,12-13H,1-2,10-11H2,3H3;1-2,6-9,12-13H,10-11H2,3H3;4-7,9-10,17H,3,8H2,1-2H3;3-7,9-10,17H,1,8H2,2H3;4-9,16H,3H2,1-2H3;2-7,14-15H,1H3. The van der Waals surface area contributed by atoms with Gasteiger partial charge in [-0.05, 0) is 234 Å². The summed E-state index contributed by atoms with van der Waals surface area (Å²) in [5.74, 6) is 10.7. The molecule has 0 saturated heterocycles. The molecule has 0 aliphatic rings. The maximum absolute atomic E-state index is 9.39. The molecule has 0 aliphatic carbocycles. The van der Waals surface area contributed by atoms with Gasteiger partial charge in [-0.25, -0.2) is 0 Å². The lowest BCUT2D eigenvalue weighted by molar-refractivity contribution is 0.306. The van der Waals surface area contributed by atoms with Gasteiger partial charge in [0.2, 0.25) is 0 Å². The van der Waals surface area contributed by atoms with Crippen LogP contribution in [0.5, 0.6) is 40.2 Å². The Balaban J connectivity index is 0.000000113. The van der Waals surface area contributed by atoms with Crippen molar-refractivity contribution in [3.05, 3.63) is 368 Å². The number of nitrogens with one attached hydrogen (secondary N) is 5. The van der Waals surface area contributed by atoms with Crippen molar-refractivity contribution in [2.45, 2.75) is 88.4 Å². The van der Waals surface area contributed by atoms with Gasteiger partial charge in [-0.2, -0.15) is 0 Å². The number of aromatic amines is 5. The van der Waals surface area contributed by atoms with Crippen molar-refractivity contribution in [2.75, 3.05) is 33.0 Å². The zero-order valence-electron chi connectivity index (χ0n) is 76.3. The van der Waals surface area contributed by atoms with Gasteiger partial charge in [0.25, 0.3) is 0 Å². The van der Waals surface area contributed by atoms with Crippen molar-refractivity contribution in [3.8, 4) is 64.9 Å². The third-order valence-corrected chi connectivity index (χ3v) is 23.3. The second-order valence-corrected chi connectivity index (χ2v) is 33.3. The molecule has 15 aromatic carbocycles. The van der Waals surface area contributed by atoms with Gasteiger partial charge in [-0.1, -0.05) is 165 Å². The number of hydrogen-bond acceptors (Lipinski definition) is 7. The molecule has 0 amide bonds. The molecule has 0 saturated carbocycles. The maximum atomic E-state index is 9.39. The zero-order valence-corrected chi connectivity index (χ0v) is 76.3. The molecule has 22 rings (SSSR count). The Kier molecular flexibility index (Phi) is 27.6. The van der Waals surface area contributed by atoms with Gasteiger partial charge in [0.05, 0.1) is 63.9 Å². The molecule has 132 heavy (non-hydrogen) atoms. The monoisotopic (exact) mass is 1740 g/mol. The van der Waals surface area contributed by atoms with Crippen molar-refractivity contribution in [2.24, 2.45) is 0 Å². The molecule has 6 N–H and O–H groups in total. The van der Waals surface area contributed by atoms with Crippen molar-refractivity contribution < 1.29 is 33.5 Å². The number of phenolic OH excluding ortho intramolecular Hbond substituents is 1. The van der Waals surface area contributed by atoms with Gasteiger partial charge in [0, 0.05) is 158 Å². The Labute approximate surface area is 769 Å². The van der Waals surface area contributed by atoms with Crippen molar-refractivity contribution in [1.82, 2.24) is 34.1 Å². The van der Waals surface area contributed by atoms with Gasteiger partial charge >= 0.3 is 0 Å². The lowest BCUT2D eigenvalue weighted by Gasteiger charge is -2.06. The van der Waals surface area contributed by atoms with E-state index in [9.17, 15) is 5.11 Å². The van der Waals surface area contributed by atoms with E-state index in [1.54, 1.807) is 24.3 Å². The fourth-order valence-electron chi connectivity index (χ4n) is 17.1. The van der Waals surface area contributed by atoms with E-state index in [0.717, 1.165) is 104 Å². The predicted molar refractivity (Wildman–Crippen MR) is 555 cm³/mol. The summed E-state index contributed by atoms with van der Waals surface area (Å²) in [5, 5.41) is 26.7. The summed E-state index contributed by atoms with van der Waals surface area (Å²) >= 11 is 0. The van der Waals surface area contributed by atoms with E-state index in [4.69, 9.17) is 41.3 Å². The van der Waals surface area contributed by atoms with Crippen LogP contribution < -0.4 is 28.4 Å². The third-order valence-electron chi connectivity index (χ3n) is 23.3. The zero-order chi connectivity index (χ0) is 91.9. The molecule has 0 unspecified atom stereocenters. The average Bonchev–Trinajstić information content (AvgIpc) is 1.61. The molecule has 658 valence electrons. The van der Waals surface area contributed by atoms with E-state index < -0.39 is 0 Å². The Hall–Kier alpha value is -16.2. The number of hydrogen-bond donors (Lipinski definition) is 6. The SMILES string of the molecule is C#CCOc1ccc2c3ccc(C)cc3n(CC#C)c2c1.C=CCOc1ccc2c(c1)[nH]c1cc(C)ccc12.C=CCOc1ccc2c3ccc(C)cc3n(CC=C)c2c1.CCCOc1ccc2c(c1)[nH]c1cc(C)ccc12.CCOc1ccc2c(c1)[nH]c1cc(C)ccc12.Cc1ccc2c(c1)[nH]c1cc(O)ccc12.Cc1ccc2c(c1)[nH]c1cc(OCc3ccccc3)ccc12. The van der Waals surface area contributed by atoms with E-state index >= 15 is 0 Å². The molecule has 0 fully saturated rings. The molecular formula is C118H109N7O7. The normalized spacial score (nSPS) is 11.0. The number of H-pyrrole nitrogens is 5. The van der Waals surface area contributed by atoms with E-state index in [1.807, 2.05) is 85.8 Å². The second-order valence-electron chi connectivity index (χ2n) is 33.3. The number of benzene rings is 15. The molecule has 0 atom stereocenters. The lowest BCUT2D eigenvalue weighted by Crippen LogP contribution is -1.96. The van der Waals surface area contributed by atoms with Crippen LogP contribution in [0.25, 0.3) is 153 Å². The Bertz CT molecular complexity index is 8010. The molecule has 22 aromatic rings. The molecule has 0 spiro atoms. The van der Waals surface area contributed by atoms with E-state index in [0.29, 0.717) is 38.7 Å². The summed E-state index contributed by atoms with van der Waals surface area (Å²) in [4.78, 5) is 17.1. The highest BCUT2D eigenvalue weighted by Crippen LogP contribution is 2.38. The first kappa shape index (κ1) is 89.2. The Morgan fingerprint density at radius 1 is 0.303 bits per heavy atom. The van der Waals surface area contributed by atoms with Gasteiger partial charge in [-0.3, -0.25) is 0 Å². The maximum Gasteiger partial charge on any atom is 0.148 e. The fourth-order valence-corrected chi connectivity index (χ4v) is 17.1. The molecule has 7 aromatic heterocycles. The molecular weight excluding hydrogens is 1630 g/mol. The minimum atomic E-state index is 0.264. The number of terminal acetylenes is 2. The van der Waals surface area contributed by atoms with Crippen LogP contribution in [-0.2, 0) is 19.7 Å². The van der Waals surface area contributed by atoms with E-state index in [2.05, 4.69) is 321 Å². The van der Waals surface area contributed by atoms with Crippen LogP contribution in [0.4, 0.5) is 0 Å². The van der Waals surface area contributed by atoms with E-state index in [1.165, 1.54) is 148 Å². The van der Waals surface area contributed by atoms with Crippen LogP contribution in [0.2, 0.25) is 0 Å². The van der Waals surface area contributed by atoms with Crippen molar-refractivity contribution in [1.29, 1.82) is 0 Å². The summed E-state index contributed by atoms with van der Waals surface area (Å²) in [6.45, 7) is 34.7. The summed E-state index contributed by atoms with van der Waals surface area (Å²) in [6.07, 6.45) is 17.2. The van der Waals surface area contributed by atoms with Gasteiger partial charge in [-0.15, -0.1) is 19.4 Å². The first-order valence-electron chi connectivity index (χ1n) is 44.7. The first-order valence-corrected chi connectivity index (χ1v) is 44.7. The van der Waals surface area contributed by atoms with Crippen molar-refractivity contribution >= 4 is 153 Å². The summed E-state index contributed by atoms with van der Waals surface area (Å²) in [7, 11) is 0. The fraction of sp³-hybridized carbons (Fsp3) is 0.153. The number of ether oxygens (including phenoxy) is 6. The number of phenols is 1. The van der Waals surface area contributed by atoms with Crippen LogP contribution in [0.15, 0.2) is 323 Å². The smallest absolute Gasteiger partial charge is 0.148 e. The number of aromatic nitrogens is 7. The van der Waals surface area contributed by atoms with Crippen LogP contribution >= 0.6 is 0 Å². The Morgan fingerprint density at radius 3 is 0.977 bits per heavy atom.